The van der Waals surface area contributed by atoms with Crippen LogP contribution in [0.1, 0.15) is 42.3 Å². The zero-order chi connectivity index (χ0) is 13.1. The van der Waals surface area contributed by atoms with E-state index in [2.05, 4.69) is 22.5 Å². The molecule has 1 aliphatic carbocycles. The molecule has 0 aromatic carbocycles. The van der Waals surface area contributed by atoms with Crippen LogP contribution in [0.25, 0.3) is 0 Å². The van der Waals surface area contributed by atoms with E-state index < -0.39 is 0 Å². The van der Waals surface area contributed by atoms with Gasteiger partial charge < -0.3 is 16.4 Å². The van der Waals surface area contributed by atoms with Crippen LogP contribution in [0.2, 0.25) is 0 Å². The number of nitrogens with two attached hydrogens (primary N) is 1. The molecule has 1 aromatic heterocycles. The van der Waals surface area contributed by atoms with Crippen molar-refractivity contribution in [2.75, 3.05) is 18.1 Å². The molecule has 0 aliphatic heterocycles. The number of aromatic nitrogens is 1. The summed E-state index contributed by atoms with van der Waals surface area (Å²) in [6, 6.07) is 0.269. The van der Waals surface area contributed by atoms with Crippen LogP contribution in [0.4, 0.5) is 10.9 Å². The topological polar surface area (TPSA) is 80.0 Å². The van der Waals surface area contributed by atoms with Crippen LogP contribution in [0.3, 0.4) is 0 Å². The number of hydrogen-bond acceptors (Lipinski definition) is 5. The van der Waals surface area contributed by atoms with Crippen molar-refractivity contribution in [3.8, 4) is 0 Å². The molecule has 0 saturated heterocycles. The quantitative estimate of drug-likeness (QED) is 0.784. The molecular formula is C12H20N4OS. The fourth-order valence-corrected chi connectivity index (χ4v) is 3.11. The number of amides is 1. The number of thiazole rings is 1. The van der Waals surface area contributed by atoms with E-state index in [9.17, 15) is 4.79 Å². The third kappa shape index (κ3) is 2.75. The summed E-state index contributed by atoms with van der Waals surface area (Å²) in [6.07, 6.45) is 4.70. The molecule has 2 rings (SSSR count). The summed E-state index contributed by atoms with van der Waals surface area (Å²) >= 11 is 1.30. The van der Waals surface area contributed by atoms with Gasteiger partial charge in [-0.2, -0.15) is 0 Å². The summed E-state index contributed by atoms with van der Waals surface area (Å²) < 4.78 is 0. The molecule has 5 nitrogen and oxygen atoms in total. The maximum atomic E-state index is 12.2. The van der Waals surface area contributed by atoms with Gasteiger partial charge in [0.25, 0.3) is 5.91 Å². The van der Waals surface area contributed by atoms with Crippen LogP contribution < -0.4 is 16.4 Å². The highest BCUT2D eigenvalue weighted by atomic mass is 32.1. The van der Waals surface area contributed by atoms with E-state index in [-0.39, 0.29) is 11.9 Å². The van der Waals surface area contributed by atoms with E-state index >= 15 is 0 Å². The minimum Gasteiger partial charge on any atom is -0.382 e. The average Bonchev–Trinajstić information content (AvgIpc) is 2.73. The number of rotatable bonds is 3. The summed E-state index contributed by atoms with van der Waals surface area (Å²) in [5.74, 6) is 0.760. The van der Waals surface area contributed by atoms with Crippen LogP contribution >= 0.6 is 11.3 Å². The molecule has 1 heterocycles. The number of carbonyl (C=O) groups is 1. The Morgan fingerprint density at radius 1 is 1.44 bits per heavy atom. The number of nitrogens with zero attached hydrogens (tertiary/aromatic N) is 1. The van der Waals surface area contributed by atoms with Gasteiger partial charge in [-0.25, -0.2) is 4.98 Å². The summed E-state index contributed by atoms with van der Waals surface area (Å²) in [7, 11) is 1.77. The molecule has 6 heteroatoms. The molecule has 0 radical (unpaired) electrons. The third-order valence-corrected chi connectivity index (χ3v) is 4.59. The molecule has 100 valence electrons. The minimum atomic E-state index is -0.0924. The average molecular weight is 268 g/mol. The molecule has 1 amide bonds. The van der Waals surface area contributed by atoms with Gasteiger partial charge in [-0.1, -0.05) is 31.1 Å². The van der Waals surface area contributed by atoms with Gasteiger partial charge in [-0.3, -0.25) is 4.79 Å². The largest absolute Gasteiger partial charge is 0.382 e. The van der Waals surface area contributed by atoms with Crippen molar-refractivity contribution < 1.29 is 4.79 Å². The highest BCUT2D eigenvalue weighted by molar-refractivity contribution is 7.18. The summed E-state index contributed by atoms with van der Waals surface area (Å²) in [4.78, 5) is 16.8. The Hall–Kier alpha value is -1.30. The van der Waals surface area contributed by atoms with E-state index in [0.29, 0.717) is 21.7 Å². The minimum absolute atomic E-state index is 0.0924. The maximum Gasteiger partial charge on any atom is 0.265 e. The van der Waals surface area contributed by atoms with Gasteiger partial charge in [-0.15, -0.1) is 0 Å². The second-order valence-electron chi connectivity index (χ2n) is 4.83. The molecule has 1 aliphatic rings. The zero-order valence-corrected chi connectivity index (χ0v) is 11.6. The van der Waals surface area contributed by atoms with Crippen molar-refractivity contribution in [2.24, 2.45) is 5.92 Å². The van der Waals surface area contributed by atoms with Gasteiger partial charge in [0.2, 0.25) is 0 Å². The normalized spacial score (nSPS) is 23.7. The molecule has 4 N–H and O–H groups in total. The van der Waals surface area contributed by atoms with Crippen molar-refractivity contribution in [3.63, 3.8) is 0 Å². The Morgan fingerprint density at radius 3 is 2.78 bits per heavy atom. The molecule has 2 unspecified atom stereocenters. The first-order valence-corrected chi connectivity index (χ1v) is 7.18. The second-order valence-corrected chi connectivity index (χ2v) is 5.82. The third-order valence-electron chi connectivity index (χ3n) is 3.50. The van der Waals surface area contributed by atoms with Crippen molar-refractivity contribution in [3.05, 3.63) is 4.88 Å². The fraction of sp³-hybridized carbons (Fsp3) is 0.667. The smallest absolute Gasteiger partial charge is 0.265 e. The number of hydrogen-bond donors (Lipinski definition) is 3. The van der Waals surface area contributed by atoms with Gasteiger partial charge >= 0.3 is 0 Å². The first kappa shape index (κ1) is 13.1. The van der Waals surface area contributed by atoms with E-state index in [0.717, 1.165) is 6.42 Å². The van der Waals surface area contributed by atoms with E-state index in [1.807, 2.05) is 0 Å². The number of nitrogens with one attached hydrogen (secondary N) is 2. The standard InChI is InChI=1S/C12H20N4OS/c1-7-5-3-4-6-8(7)15-11(17)9-10(13)16-12(14-2)18-9/h7-8H,3-6,13H2,1-2H3,(H,14,16)(H,15,17). The summed E-state index contributed by atoms with van der Waals surface area (Å²) in [5, 5.41) is 6.67. The molecule has 1 fully saturated rings. The first-order chi connectivity index (χ1) is 8.61. The fourth-order valence-electron chi connectivity index (χ4n) is 2.37. The summed E-state index contributed by atoms with van der Waals surface area (Å²) in [5.41, 5.74) is 5.76. The molecular weight excluding hydrogens is 248 g/mol. The van der Waals surface area contributed by atoms with Crippen LogP contribution in [0.15, 0.2) is 0 Å². The lowest BCUT2D eigenvalue weighted by Crippen LogP contribution is -2.40. The van der Waals surface area contributed by atoms with Gasteiger partial charge in [0, 0.05) is 13.1 Å². The lowest BCUT2D eigenvalue weighted by molar-refractivity contribution is 0.0915. The first-order valence-electron chi connectivity index (χ1n) is 6.36. The monoisotopic (exact) mass is 268 g/mol. The Bertz CT molecular complexity index is 432. The zero-order valence-electron chi connectivity index (χ0n) is 10.8. The maximum absolute atomic E-state index is 12.2. The van der Waals surface area contributed by atoms with Crippen LogP contribution in [0.5, 0.6) is 0 Å². The van der Waals surface area contributed by atoms with Crippen LogP contribution in [-0.2, 0) is 0 Å². The SMILES string of the molecule is CNc1nc(N)c(C(=O)NC2CCCCC2C)s1. The molecule has 0 bridgehead atoms. The molecule has 1 saturated carbocycles. The van der Waals surface area contributed by atoms with Gasteiger partial charge in [0.15, 0.2) is 5.13 Å². The Labute approximate surface area is 111 Å². The second kappa shape index (κ2) is 5.56. The van der Waals surface area contributed by atoms with Gasteiger partial charge in [0.05, 0.1) is 0 Å². The Kier molecular flexibility index (Phi) is 4.06. The van der Waals surface area contributed by atoms with Gasteiger partial charge in [-0.05, 0) is 18.8 Å². The molecule has 18 heavy (non-hydrogen) atoms. The van der Waals surface area contributed by atoms with Crippen molar-refractivity contribution in [1.82, 2.24) is 10.3 Å². The highest BCUT2D eigenvalue weighted by Crippen LogP contribution is 2.27. The molecule has 1 aromatic rings. The molecule has 0 spiro atoms. The Morgan fingerprint density at radius 2 is 2.17 bits per heavy atom. The predicted octanol–water partition coefficient (Wildman–Crippen LogP) is 2.08. The van der Waals surface area contributed by atoms with E-state index in [1.165, 1.54) is 30.6 Å². The van der Waals surface area contributed by atoms with Crippen molar-refractivity contribution >= 4 is 28.2 Å². The van der Waals surface area contributed by atoms with Crippen LogP contribution in [0, 0.1) is 5.92 Å². The Balaban J connectivity index is 2.04. The summed E-state index contributed by atoms with van der Waals surface area (Å²) in [6.45, 7) is 2.19. The van der Waals surface area contributed by atoms with Gasteiger partial charge in [0.1, 0.15) is 10.7 Å². The highest BCUT2D eigenvalue weighted by Gasteiger charge is 2.25. The molecule has 2 atom stereocenters. The van der Waals surface area contributed by atoms with E-state index in [4.69, 9.17) is 5.73 Å². The number of nitrogen functional groups attached to an aromatic ring is 1. The number of carbonyl (C=O) groups excluding carboxylic acids is 1. The van der Waals surface area contributed by atoms with E-state index in [1.54, 1.807) is 7.05 Å². The lowest BCUT2D eigenvalue weighted by Gasteiger charge is -2.29. The lowest BCUT2D eigenvalue weighted by atomic mass is 9.86. The predicted molar refractivity (Wildman–Crippen MR) is 75.0 cm³/mol. The van der Waals surface area contributed by atoms with Crippen molar-refractivity contribution in [2.45, 2.75) is 38.6 Å². The van der Waals surface area contributed by atoms with Crippen molar-refractivity contribution in [1.29, 1.82) is 0 Å². The number of anilines is 2. The van der Waals surface area contributed by atoms with Crippen LogP contribution in [-0.4, -0.2) is 24.0 Å².